The summed E-state index contributed by atoms with van der Waals surface area (Å²) in [6.45, 7) is 4.06. The summed E-state index contributed by atoms with van der Waals surface area (Å²) < 4.78 is 35.3. The molecule has 0 radical (unpaired) electrons. The third-order valence-electron chi connectivity index (χ3n) is 7.02. The molecule has 0 spiro atoms. The second-order valence-corrected chi connectivity index (χ2v) is 11.6. The number of aliphatic hydroxyl groups excluding tert-OH is 3. The fourth-order valence-corrected chi connectivity index (χ4v) is 6.03. The van der Waals surface area contributed by atoms with E-state index in [4.69, 9.17) is 4.74 Å². The molecule has 0 bridgehead atoms. The Morgan fingerprint density at radius 2 is 1.94 bits per heavy atom. The van der Waals surface area contributed by atoms with Crippen molar-refractivity contribution in [2.45, 2.75) is 82.7 Å². The summed E-state index contributed by atoms with van der Waals surface area (Å²) in [5.41, 5.74) is 0.691. The zero-order chi connectivity index (χ0) is 26.0. The molecule has 0 aromatic carbocycles. The average molecular weight is 528 g/mol. The van der Waals surface area contributed by atoms with Crippen molar-refractivity contribution in [3.8, 4) is 0 Å². The standard InChI is InChI=1S/C22H37N7O6S/c1-13(2)28(14-6-4-5-7-14)8-9-36(33,34)25-10-16-26-20(23-3)17-21(27-16)29(12-24-17)22-19(32)18(31)15(11-30)35-22/h12-15,18-19,22,25,30-32H,4-11H2,1-3H3,(H,23,26,27)/t15-,18-,19-,22-/m1/s1. The van der Waals surface area contributed by atoms with Crippen molar-refractivity contribution >= 4 is 27.0 Å². The van der Waals surface area contributed by atoms with Crippen LogP contribution in [0.2, 0.25) is 0 Å². The van der Waals surface area contributed by atoms with Crippen LogP contribution in [0, 0.1) is 0 Å². The second kappa shape index (κ2) is 11.2. The maximum Gasteiger partial charge on any atom is 0.213 e. The fourth-order valence-electron chi connectivity index (χ4n) is 5.08. The van der Waals surface area contributed by atoms with Gasteiger partial charge in [0.2, 0.25) is 10.0 Å². The minimum atomic E-state index is -3.59. The smallest absolute Gasteiger partial charge is 0.213 e. The van der Waals surface area contributed by atoms with Gasteiger partial charge in [0.15, 0.2) is 23.2 Å². The summed E-state index contributed by atoms with van der Waals surface area (Å²) in [4.78, 5) is 15.4. The summed E-state index contributed by atoms with van der Waals surface area (Å²) >= 11 is 0. The van der Waals surface area contributed by atoms with Crippen molar-refractivity contribution in [2.24, 2.45) is 0 Å². The van der Waals surface area contributed by atoms with E-state index in [9.17, 15) is 23.7 Å². The number of sulfonamides is 1. The molecular formula is C22H37N7O6S. The molecular weight excluding hydrogens is 490 g/mol. The van der Waals surface area contributed by atoms with Gasteiger partial charge in [-0.3, -0.25) is 9.47 Å². The average Bonchev–Trinajstić information content (AvgIpc) is 3.58. The summed E-state index contributed by atoms with van der Waals surface area (Å²) in [6, 6.07) is 0.700. The Kier molecular flexibility index (Phi) is 8.44. The Hall–Kier alpha value is -1.94. The van der Waals surface area contributed by atoms with Crippen molar-refractivity contribution in [3.05, 3.63) is 12.2 Å². The lowest BCUT2D eigenvalue weighted by atomic mass is 10.1. The number of fused-ring (bicyclic) bond motifs is 1. The van der Waals surface area contributed by atoms with Crippen LogP contribution in [0.15, 0.2) is 6.33 Å². The minimum absolute atomic E-state index is 0.0245. The molecule has 1 saturated heterocycles. The highest BCUT2D eigenvalue weighted by Crippen LogP contribution is 2.32. The van der Waals surface area contributed by atoms with Crippen LogP contribution in [0.1, 0.15) is 51.6 Å². The Morgan fingerprint density at radius 1 is 1.22 bits per heavy atom. The molecule has 202 valence electrons. The predicted octanol–water partition coefficient (Wildman–Crippen LogP) is -0.448. The maximum atomic E-state index is 12.8. The highest BCUT2D eigenvalue weighted by molar-refractivity contribution is 7.89. The van der Waals surface area contributed by atoms with Gasteiger partial charge in [-0.1, -0.05) is 12.8 Å². The van der Waals surface area contributed by atoms with Gasteiger partial charge in [-0.15, -0.1) is 0 Å². The third-order valence-corrected chi connectivity index (χ3v) is 8.33. The van der Waals surface area contributed by atoms with Crippen molar-refractivity contribution < 1.29 is 28.5 Å². The van der Waals surface area contributed by atoms with Crippen LogP contribution in [0.3, 0.4) is 0 Å². The molecule has 36 heavy (non-hydrogen) atoms. The molecule has 4 rings (SSSR count). The van der Waals surface area contributed by atoms with Crippen LogP contribution in [-0.2, 0) is 21.3 Å². The van der Waals surface area contributed by atoms with Crippen LogP contribution in [0.4, 0.5) is 5.82 Å². The summed E-state index contributed by atoms with van der Waals surface area (Å²) in [6.07, 6.45) is 1.43. The lowest BCUT2D eigenvalue weighted by molar-refractivity contribution is -0.0511. The van der Waals surface area contributed by atoms with Crippen LogP contribution in [0.25, 0.3) is 11.2 Å². The molecule has 2 fully saturated rings. The van der Waals surface area contributed by atoms with Gasteiger partial charge in [0.25, 0.3) is 0 Å². The number of nitrogens with one attached hydrogen (secondary N) is 2. The lowest BCUT2D eigenvalue weighted by Gasteiger charge is -2.32. The largest absolute Gasteiger partial charge is 0.394 e. The summed E-state index contributed by atoms with van der Waals surface area (Å²) in [5.74, 6) is 0.566. The molecule has 1 aliphatic carbocycles. The summed E-state index contributed by atoms with van der Waals surface area (Å²) in [5, 5.41) is 32.9. The second-order valence-electron chi connectivity index (χ2n) is 9.70. The number of ether oxygens (including phenoxy) is 1. The Morgan fingerprint density at radius 3 is 2.56 bits per heavy atom. The first-order chi connectivity index (χ1) is 17.1. The van der Waals surface area contributed by atoms with Crippen LogP contribution < -0.4 is 10.0 Å². The Balaban J connectivity index is 1.49. The molecule has 4 atom stereocenters. The zero-order valence-electron chi connectivity index (χ0n) is 20.9. The van der Waals surface area contributed by atoms with Crippen molar-refractivity contribution in [1.29, 1.82) is 0 Å². The van der Waals surface area contributed by atoms with Crippen molar-refractivity contribution in [3.63, 3.8) is 0 Å². The molecule has 14 heteroatoms. The minimum Gasteiger partial charge on any atom is -0.394 e. The highest BCUT2D eigenvalue weighted by atomic mass is 32.2. The van der Waals surface area contributed by atoms with Gasteiger partial charge in [0, 0.05) is 25.7 Å². The molecule has 0 amide bonds. The number of anilines is 1. The number of imidazole rings is 1. The SMILES string of the molecule is CNc1nc(CNS(=O)(=O)CCN(C(C)C)C2CCCC2)nc2c1ncn2[C@@H]1O[C@H](CO)[C@@H](O)[C@H]1O. The highest BCUT2D eigenvalue weighted by Gasteiger charge is 2.44. The van der Waals surface area contributed by atoms with E-state index in [1.165, 1.54) is 23.7 Å². The first-order valence-corrected chi connectivity index (χ1v) is 14.1. The molecule has 2 aromatic rings. The lowest BCUT2D eigenvalue weighted by Crippen LogP contribution is -2.43. The Bertz CT molecular complexity index is 1140. The number of hydrogen-bond acceptors (Lipinski definition) is 11. The van der Waals surface area contributed by atoms with Gasteiger partial charge in [-0.2, -0.15) is 0 Å². The van der Waals surface area contributed by atoms with Crippen LogP contribution in [-0.4, -0.2) is 105 Å². The first kappa shape index (κ1) is 27.1. The number of nitrogens with zero attached hydrogens (tertiary/aromatic N) is 5. The van der Waals surface area contributed by atoms with E-state index in [1.807, 2.05) is 0 Å². The topological polar surface area (TPSA) is 175 Å². The van der Waals surface area contributed by atoms with Gasteiger partial charge in [-0.05, 0) is 26.7 Å². The molecule has 1 saturated carbocycles. The molecule has 5 N–H and O–H groups in total. The third kappa shape index (κ3) is 5.64. The molecule has 3 heterocycles. The molecule has 2 aromatic heterocycles. The van der Waals surface area contributed by atoms with Gasteiger partial charge in [0.05, 0.1) is 25.2 Å². The predicted molar refractivity (Wildman–Crippen MR) is 133 cm³/mol. The van der Waals surface area contributed by atoms with Gasteiger partial charge < -0.3 is 25.4 Å². The van der Waals surface area contributed by atoms with Crippen molar-refractivity contribution in [1.82, 2.24) is 29.1 Å². The van der Waals surface area contributed by atoms with Gasteiger partial charge >= 0.3 is 0 Å². The first-order valence-electron chi connectivity index (χ1n) is 12.4. The van der Waals surface area contributed by atoms with Gasteiger partial charge in [0.1, 0.15) is 24.1 Å². The van der Waals surface area contributed by atoms with Crippen LogP contribution >= 0.6 is 0 Å². The van der Waals surface area contributed by atoms with E-state index in [-0.39, 0.29) is 24.2 Å². The Labute approximate surface area is 211 Å². The number of aromatic nitrogens is 4. The van der Waals surface area contributed by atoms with Gasteiger partial charge in [-0.25, -0.2) is 28.1 Å². The van der Waals surface area contributed by atoms with E-state index < -0.39 is 41.2 Å². The molecule has 13 nitrogen and oxygen atoms in total. The fraction of sp³-hybridized carbons (Fsp3) is 0.773. The number of hydrogen-bond donors (Lipinski definition) is 5. The van der Waals surface area contributed by atoms with E-state index in [2.05, 4.69) is 43.7 Å². The molecule has 0 unspecified atom stereocenters. The number of rotatable bonds is 11. The zero-order valence-corrected chi connectivity index (χ0v) is 21.7. The molecule has 1 aliphatic heterocycles. The number of aliphatic hydroxyl groups is 3. The van der Waals surface area contributed by atoms with Crippen LogP contribution in [0.5, 0.6) is 0 Å². The van der Waals surface area contributed by atoms with E-state index >= 15 is 0 Å². The van der Waals surface area contributed by atoms with E-state index in [0.717, 1.165) is 12.8 Å². The molecule has 2 aliphatic rings. The van der Waals surface area contributed by atoms with E-state index in [0.29, 0.717) is 29.6 Å². The quantitative estimate of drug-likeness (QED) is 0.256. The monoisotopic (exact) mass is 527 g/mol. The maximum absolute atomic E-state index is 12.8. The van der Waals surface area contributed by atoms with E-state index in [1.54, 1.807) is 7.05 Å². The van der Waals surface area contributed by atoms with Crippen molar-refractivity contribution in [2.75, 3.05) is 31.3 Å². The normalized spacial score (nSPS) is 25.6. The summed E-state index contributed by atoms with van der Waals surface area (Å²) in [7, 11) is -1.93.